The number of carbonyl (C=O) groups is 2. The highest BCUT2D eigenvalue weighted by atomic mass is 16.2. The van der Waals surface area contributed by atoms with E-state index in [1.807, 2.05) is 0 Å². The fourth-order valence-electron chi connectivity index (χ4n) is 9.36. The molecule has 6 nitrogen and oxygen atoms in total. The first-order valence-electron chi connectivity index (χ1n) is 27.5. The van der Waals surface area contributed by atoms with Crippen molar-refractivity contribution < 1.29 is 9.59 Å². The van der Waals surface area contributed by atoms with Gasteiger partial charge in [-0.1, -0.05) is 206 Å². The zero-order chi connectivity index (χ0) is 44.3. The third-order valence-corrected chi connectivity index (χ3v) is 13.7. The molecule has 0 atom stereocenters. The van der Waals surface area contributed by atoms with Gasteiger partial charge in [0.2, 0.25) is 11.8 Å². The van der Waals surface area contributed by atoms with Crippen LogP contribution in [0, 0.1) is 0 Å². The molecule has 0 aliphatic heterocycles. The first-order chi connectivity index (χ1) is 29.9. The molecule has 0 aromatic heterocycles. The van der Waals surface area contributed by atoms with Gasteiger partial charge in [0.05, 0.1) is 0 Å². The highest BCUT2D eigenvalue weighted by molar-refractivity contribution is 5.92. The van der Waals surface area contributed by atoms with Gasteiger partial charge in [-0.15, -0.1) is 0 Å². The average Bonchev–Trinajstić information content (AvgIpc) is 3.23. The van der Waals surface area contributed by atoms with Crippen LogP contribution in [-0.2, 0) is 9.59 Å². The van der Waals surface area contributed by atoms with E-state index in [1.54, 1.807) is 0 Å². The average molecular weight is 857 g/mol. The fraction of sp³-hybridized carbons (Fsp3) is 0.927. The maximum Gasteiger partial charge on any atom is 0.245 e. The summed E-state index contributed by atoms with van der Waals surface area (Å²) in [6.45, 7) is 12.2. The lowest BCUT2D eigenvalue weighted by molar-refractivity contribution is -0.154. The summed E-state index contributed by atoms with van der Waals surface area (Å²) in [6, 6.07) is 0. The third-order valence-electron chi connectivity index (χ3n) is 13.7. The van der Waals surface area contributed by atoms with Crippen LogP contribution in [0.4, 0.5) is 0 Å². The lowest BCUT2D eigenvalue weighted by Crippen LogP contribution is -2.65. The topological polar surface area (TPSA) is 55.9 Å². The van der Waals surface area contributed by atoms with Gasteiger partial charge in [0, 0.05) is 26.1 Å². The van der Waals surface area contributed by atoms with Crippen LogP contribution in [-0.4, -0.2) is 85.4 Å². The quantitative estimate of drug-likeness (QED) is 0.0489. The van der Waals surface area contributed by atoms with Crippen LogP contribution in [0.15, 0.2) is 12.2 Å². The number of unbranched alkanes of at least 4 members (excludes halogenated alkanes) is 30. The maximum atomic E-state index is 14.3. The van der Waals surface area contributed by atoms with E-state index in [4.69, 9.17) is 0 Å². The summed E-state index contributed by atoms with van der Waals surface area (Å²) in [5, 5.41) is 3.33. The smallest absolute Gasteiger partial charge is 0.245 e. The van der Waals surface area contributed by atoms with Gasteiger partial charge in [-0.2, -0.15) is 0 Å². The standard InChI is InChI=1S/C55H108N4O2/c1-6-9-12-15-18-21-24-25-26-27-28-29-30-33-36-39-47-56-54(61)55(45-42-46-55)59(51-43-48-57(4)5)53(60)44-52-58(49-40-37-34-31-22-19-16-13-10-7-2)50-41-38-35-32-23-20-17-14-11-8-3/h25-26H,6-24,27-52H2,1-5H3,(H,56,61)/b26-25-. The van der Waals surface area contributed by atoms with E-state index < -0.39 is 5.54 Å². The zero-order valence-electron chi connectivity index (χ0n) is 42.1. The molecule has 0 bridgehead atoms. The van der Waals surface area contributed by atoms with Crippen molar-refractivity contribution in [3.05, 3.63) is 12.2 Å². The summed E-state index contributed by atoms with van der Waals surface area (Å²) in [5.74, 6) is 0.305. The molecule has 1 N–H and O–H groups in total. The Labute approximate surface area is 382 Å². The van der Waals surface area contributed by atoms with Crippen LogP contribution >= 0.6 is 0 Å². The fourth-order valence-corrected chi connectivity index (χ4v) is 9.36. The normalized spacial score (nSPS) is 13.8. The van der Waals surface area contributed by atoms with Gasteiger partial charge in [0.15, 0.2) is 0 Å². The molecule has 0 aromatic rings. The molecule has 0 radical (unpaired) electrons. The lowest BCUT2D eigenvalue weighted by atomic mass is 9.74. The van der Waals surface area contributed by atoms with E-state index in [1.165, 1.54) is 212 Å². The van der Waals surface area contributed by atoms with Gasteiger partial charge >= 0.3 is 0 Å². The van der Waals surface area contributed by atoms with E-state index in [9.17, 15) is 9.59 Å². The summed E-state index contributed by atoms with van der Waals surface area (Å²) in [5.41, 5.74) is -0.649. The van der Waals surface area contributed by atoms with Crippen LogP contribution < -0.4 is 5.32 Å². The molecule has 1 saturated carbocycles. The molecule has 2 amide bonds. The minimum atomic E-state index is -0.649. The van der Waals surface area contributed by atoms with E-state index in [0.717, 1.165) is 64.8 Å². The Bertz CT molecular complexity index is 970. The Morgan fingerprint density at radius 1 is 0.459 bits per heavy atom. The molecular weight excluding hydrogens is 749 g/mol. The second-order valence-corrected chi connectivity index (χ2v) is 19.7. The Morgan fingerprint density at radius 2 is 0.852 bits per heavy atom. The molecule has 1 rings (SSSR count). The van der Waals surface area contributed by atoms with E-state index in [-0.39, 0.29) is 11.8 Å². The number of nitrogens with zero attached hydrogens (tertiary/aromatic N) is 3. The molecule has 0 spiro atoms. The number of amides is 2. The minimum absolute atomic E-state index is 0.109. The summed E-state index contributed by atoms with van der Waals surface area (Å²) >= 11 is 0. The van der Waals surface area contributed by atoms with Gasteiger partial charge in [-0.05, 0) is 104 Å². The maximum absolute atomic E-state index is 14.3. The van der Waals surface area contributed by atoms with E-state index in [0.29, 0.717) is 13.0 Å². The summed E-state index contributed by atoms with van der Waals surface area (Å²) in [6.07, 6.45) is 54.0. The van der Waals surface area contributed by atoms with Crippen LogP contribution in [0.1, 0.15) is 271 Å². The van der Waals surface area contributed by atoms with Crippen LogP contribution in [0.2, 0.25) is 0 Å². The Kier molecular flexibility index (Phi) is 40.2. The van der Waals surface area contributed by atoms with Crippen LogP contribution in [0.5, 0.6) is 0 Å². The third kappa shape index (κ3) is 32.0. The molecule has 1 aliphatic carbocycles. The van der Waals surface area contributed by atoms with Crippen LogP contribution in [0.3, 0.4) is 0 Å². The molecule has 0 heterocycles. The van der Waals surface area contributed by atoms with Gasteiger partial charge in [0.1, 0.15) is 5.54 Å². The molecule has 1 aliphatic rings. The first-order valence-corrected chi connectivity index (χ1v) is 27.5. The molecule has 0 unspecified atom stereocenters. The summed E-state index contributed by atoms with van der Waals surface area (Å²) < 4.78 is 0. The molecular formula is C55H108N4O2. The zero-order valence-corrected chi connectivity index (χ0v) is 42.1. The molecule has 360 valence electrons. The van der Waals surface area contributed by atoms with Crippen molar-refractivity contribution in [1.29, 1.82) is 0 Å². The minimum Gasteiger partial charge on any atom is -0.354 e. The number of allylic oxidation sites excluding steroid dienone is 2. The highest BCUT2D eigenvalue weighted by Crippen LogP contribution is 2.39. The molecule has 61 heavy (non-hydrogen) atoms. The molecule has 0 aromatic carbocycles. The number of rotatable bonds is 47. The molecule has 1 fully saturated rings. The Morgan fingerprint density at radius 3 is 1.25 bits per heavy atom. The molecule has 0 saturated heterocycles. The van der Waals surface area contributed by atoms with Gasteiger partial charge in [-0.3, -0.25) is 9.59 Å². The number of carbonyl (C=O) groups excluding carboxylic acids is 2. The Hall–Kier alpha value is -1.40. The van der Waals surface area contributed by atoms with Gasteiger partial charge in [0.25, 0.3) is 0 Å². The Balaban J connectivity index is 2.59. The van der Waals surface area contributed by atoms with Crippen molar-refractivity contribution in [2.75, 3.05) is 53.4 Å². The molecule has 6 heteroatoms. The predicted molar refractivity (Wildman–Crippen MR) is 269 cm³/mol. The monoisotopic (exact) mass is 857 g/mol. The SMILES string of the molecule is CCCCCCCC/C=C\CCCCCCCCNC(=O)C1(N(CCCN(C)C)C(=O)CCN(CCCCCCCCCCCC)CCCCCCCCCCCC)CCC1. The van der Waals surface area contributed by atoms with E-state index in [2.05, 4.69) is 67.0 Å². The largest absolute Gasteiger partial charge is 0.354 e. The number of hydrogen-bond acceptors (Lipinski definition) is 4. The van der Waals surface area contributed by atoms with Crippen molar-refractivity contribution >= 4 is 11.8 Å². The first kappa shape index (κ1) is 57.6. The second-order valence-electron chi connectivity index (χ2n) is 19.7. The van der Waals surface area contributed by atoms with Crippen molar-refractivity contribution in [2.45, 2.75) is 277 Å². The number of hydrogen-bond donors (Lipinski definition) is 1. The summed E-state index contributed by atoms with van der Waals surface area (Å²) in [7, 11) is 4.21. The van der Waals surface area contributed by atoms with Crippen molar-refractivity contribution in [1.82, 2.24) is 20.0 Å². The van der Waals surface area contributed by atoms with Crippen molar-refractivity contribution in [2.24, 2.45) is 0 Å². The van der Waals surface area contributed by atoms with Crippen LogP contribution in [0.25, 0.3) is 0 Å². The predicted octanol–water partition coefficient (Wildman–Crippen LogP) is 15.4. The van der Waals surface area contributed by atoms with E-state index >= 15 is 0 Å². The summed E-state index contributed by atoms with van der Waals surface area (Å²) in [4.78, 5) is 35.1. The lowest BCUT2D eigenvalue weighted by Gasteiger charge is -2.49. The highest BCUT2D eigenvalue weighted by Gasteiger charge is 2.50. The van der Waals surface area contributed by atoms with Gasteiger partial charge < -0.3 is 20.0 Å². The van der Waals surface area contributed by atoms with Crippen molar-refractivity contribution in [3.8, 4) is 0 Å². The van der Waals surface area contributed by atoms with Crippen molar-refractivity contribution in [3.63, 3.8) is 0 Å². The van der Waals surface area contributed by atoms with Gasteiger partial charge in [-0.25, -0.2) is 0 Å². The second kappa shape index (κ2) is 42.5. The number of nitrogens with one attached hydrogen (secondary N) is 1.